The molecule has 0 spiro atoms. The average Bonchev–Trinajstić information content (AvgIpc) is 2.78. The molecule has 0 unspecified atom stereocenters. The third kappa shape index (κ3) is 2.12. The van der Waals surface area contributed by atoms with E-state index in [2.05, 4.69) is 11.0 Å². The molecule has 0 amide bonds. The Labute approximate surface area is 90.7 Å². The van der Waals surface area contributed by atoms with Gasteiger partial charge in [0.1, 0.15) is 0 Å². The molecule has 2 rings (SSSR count). The molecule has 1 aliphatic rings. The van der Waals surface area contributed by atoms with Gasteiger partial charge >= 0.3 is 0 Å². The highest BCUT2D eigenvalue weighted by Crippen LogP contribution is 2.14. The monoisotopic (exact) mass is 206 g/mol. The summed E-state index contributed by atoms with van der Waals surface area (Å²) in [6.45, 7) is 4.99. The van der Waals surface area contributed by atoms with Crippen LogP contribution in [0.15, 0.2) is 12.1 Å². The predicted molar refractivity (Wildman–Crippen MR) is 59.9 cm³/mol. The van der Waals surface area contributed by atoms with Crippen LogP contribution in [0.2, 0.25) is 0 Å². The van der Waals surface area contributed by atoms with Gasteiger partial charge in [0.15, 0.2) is 5.78 Å². The van der Waals surface area contributed by atoms with Crippen LogP contribution in [0.25, 0.3) is 0 Å². The Morgan fingerprint density at radius 3 is 2.53 bits per heavy atom. The Morgan fingerprint density at radius 1 is 1.33 bits per heavy atom. The second-order valence-electron chi connectivity index (χ2n) is 4.31. The Bertz CT molecular complexity index is 362. The Morgan fingerprint density at radius 2 is 2.00 bits per heavy atom. The molecule has 1 saturated heterocycles. The lowest BCUT2D eigenvalue weighted by Gasteiger charge is -2.15. The minimum absolute atomic E-state index is 0.144. The number of carbonyl (C=O) groups is 1. The Hall–Kier alpha value is -1.09. The topological polar surface area (TPSA) is 25.2 Å². The smallest absolute Gasteiger partial charge is 0.176 e. The lowest BCUT2D eigenvalue weighted by atomic mass is 10.3. The second-order valence-corrected chi connectivity index (χ2v) is 4.31. The van der Waals surface area contributed by atoms with Gasteiger partial charge in [-0.2, -0.15) is 0 Å². The highest BCUT2D eigenvalue weighted by atomic mass is 16.1. The lowest BCUT2D eigenvalue weighted by Crippen LogP contribution is -2.20. The molecule has 82 valence electrons. The van der Waals surface area contributed by atoms with Gasteiger partial charge in [0, 0.05) is 26.2 Å². The fourth-order valence-electron chi connectivity index (χ4n) is 2.24. The van der Waals surface area contributed by atoms with Crippen molar-refractivity contribution in [1.82, 2.24) is 9.47 Å². The van der Waals surface area contributed by atoms with Gasteiger partial charge in [-0.15, -0.1) is 0 Å². The maximum atomic E-state index is 11.3. The molecule has 2 heterocycles. The molecule has 3 nitrogen and oxygen atoms in total. The van der Waals surface area contributed by atoms with Gasteiger partial charge in [-0.3, -0.25) is 9.69 Å². The molecule has 0 radical (unpaired) electrons. The van der Waals surface area contributed by atoms with Crippen molar-refractivity contribution >= 4 is 5.78 Å². The van der Waals surface area contributed by atoms with Crippen LogP contribution >= 0.6 is 0 Å². The second kappa shape index (κ2) is 4.19. The van der Waals surface area contributed by atoms with Crippen molar-refractivity contribution in [2.75, 3.05) is 13.1 Å². The molecule has 15 heavy (non-hydrogen) atoms. The third-order valence-electron chi connectivity index (χ3n) is 3.17. The van der Waals surface area contributed by atoms with Crippen molar-refractivity contribution in [2.24, 2.45) is 7.05 Å². The predicted octanol–water partition coefficient (Wildman–Crippen LogP) is 1.82. The maximum absolute atomic E-state index is 11.3. The van der Waals surface area contributed by atoms with Crippen LogP contribution in [0.1, 0.15) is 35.9 Å². The summed E-state index contributed by atoms with van der Waals surface area (Å²) in [5.74, 6) is 0.144. The number of ketones is 1. The fourth-order valence-corrected chi connectivity index (χ4v) is 2.24. The molecule has 0 saturated carbocycles. The van der Waals surface area contributed by atoms with Crippen molar-refractivity contribution in [3.8, 4) is 0 Å². The first kappa shape index (κ1) is 10.4. The molecule has 0 atom stereocenters. The first-order valence-electron chi connectivity index (χ1n) is 5.56. The summed E-state index contributed by atoms with van der Waals surface area (Å²) in [6, 6.07) is 3.99. The van der Waals surface area contributed by atoms with E-state index in [1.165, 1.54) is 31.6 Å². The van der Waals surface area contributed by atoms with Gasteiger partial charge < -0.3 is 4.57 Å². The summed E-state index contributed by atoms with van der Waals surface area (Å²) < 4.78 is 2.01. The van der Waals surface area contributed by atoms with Crippen LogP contribution < -0.4 is 0 Å². The lowest BCUT2D eigenvalue weighted by molar-refractivity contribution is 0.100. The van der Waals surface area contributed by atoms with E-state index in [1.54, 1.807) is 6.92 Å². The van der Waals surface area contributed by atoms with Crippen molar-refractivity contribution in [3.63, 3.8) is 0 Å². The third-order valence-corrected chi connectivity index (χ3v) is 3.17. The molecular formula is C12H18N2O. The van der Waals surface area contributed by atoms with Crippen LogP contribution in [0.5, 0.6) is 0 Å². The summed E-state index contributed by atoms with van der Waals surface area (Å²) in [5.41, 5.74) is 2.05. The molecule has 1 aliphatic heterocycles. The van der Waals surface area contributed by atoms with E-state index in [1.807, 2.05) is 17.7 Å². The molecule has 0 aliphatic carbocycles. The van der Waals surface area contributed by atoms with Crippen molar-refractivity contribution in [2.45, 2.75) is 26.3 Å². The van der Waals surface area contributed by atoms with Crippen molar-refractivity contribution in [3.05, 3.63) is 23.5 Å². The van der Waals surface area contributed by atoms with E-state index in [-0.39, 0.29) is 5.78 Å². The molecule has 1 aromatic heterocycles. The first-order valence-corrected chi connectivity index (χ1v) is 5.56. The molecule has 1 aromatic rings. The molecule has 0 N–H and O–H groups in total. The quantitative estimate of drug-likeness (QED) is 0.705. The number of carbonyl (C=O) groups excluding carboxylic acids is 1. The SMILES string of the molecule is CC(=O)c1ccc(CN2CCCC2)n1C. The zero-order valence-corrected chi connectivity index (χ0v) is 9.49. The van der Waals surface area contributed by atoms with Crippen LogP contribution in [0.4, 0.5) is 0 Å². The summed E-state index contributed by atoms with van der Waals surface area (Å²) in [4.78, 5) is 13.7. The van der Waals surface area contributed by atoms with Crippen LogP contribution in [0, 0.1) is 0 Å². The van der Waals surface area contributed by atoms with Gasteiger partial charge in [-0.25, -0.2) is 0 Å². The zero-order valence-electron chi connectivity index (χ0n) is 9.49. The standard InChI is InChI=1S/C12H18N2O/c1-10(15)12-6-5-11(13(12)2)9-14-7-3-4-8-14/h5-6H,3-4,7-9H2,1-2H3. The number of hydrogen-bond donors (Lipinski definition) is 0. The first-order chi connectivity index (χ1) is 7.18. The molecule has 3 heteroatoms. The van der Waals surface area contributed by atoms with Gasteiger partial charge in [0.05, 0.1) is 5.69 Å². The van der Waals surface area contributed by atoms with E-state index < -0.39 is 0 Å². The van der Waals surface area contributed by atoms with Crippen LogP contribution in [0.3, 0.4) is 0 Å². The summed E-state index contributed by atoms with van der Waals surface area (Å²) >= 11 is 0. The number of likely N-dealkylation sites (tertiary alicyclic amines) is 1. The minimum atomic E-state index is 0.144. The normalized spacial score (nSPS) is 17.2. The molecular weight excluding hydrogens is 188 g/mol. The van der Waals surface area contributed by atoms with Gasteiger partial charge in [-0.1, -0.05) is 0 Å². The largest absolute Gasteiger partial charge is 0.344 e. The van der Waals surface area contributed by atoms with E-state index >= 15 is 0 Å². The van der Waals surface area contributed by atoms with E-state index in [4.69, 9.17) is 0 Å². The summed E-state index contributed by atoms with van der Waals surface area (Å²) in [6.07, 6.45) is 2.62. The summed E-state index contributed by atoms with van der Waals surface area (Å²) in [7, 11) is 1.97. The number of nitrogens with zero attached hydrogens (tertiary/aromatic N) is 2. The molecule has 1 fully saturated rings. The molecule has 0 bridgehead atoms. The fraction of sp³-hybridized carbons (Fsp3) is 0.583. The van der Waals surface area contributed by atoms with Crippen molar-refractivity contribution < 1.29 is 4.79 Å². The summed E-state index contributed by atoms with van der Waals surface area (Å²) in [5, 5.41) is 0. The minimum Gasteiger partial charge on any atom is -0.344 e. The highest BCUT2D eigenvalue weighted by molar-refractivity contribution is 5.92. The number of rotatable bonds is 3. The Balaban J connectivity index is 2.11. The Kier molecular flexibility index (Phi) is 2.91. The van der Waals surface area contributed by atoms with E-state index in [9.17, 15) is 4.79 Å². The highest BCUT2D eigenvalue weighted by Gasteiger charge is 2.15. The van der Waals surface area contributed by atoms with E-state index in [0.29, 0.717) is 0 Å². The van der Waals surface area contributed by atoms with Crippen molar-refractivity contribution in [1.29, 1.82) is 0 Å². The van der Waals surface area contributed by atoms with Gasteiger partial charge in [0.25, 0.3) is 0 Å². The number of Topliss-reactive ketones (excluding diaryl/α,β-unsaturated/α-hetero) is 1. The maximum Gasteiger partial charge on any atom is 0.176 e. The van der Waals surface area contributed by atoms with Gasteiger partial charge in [0.2, 0.25) is 0 Å². The van der Waals surface area contributed by atoms with Crippen LogP contribution in [-0.4, -0.2) is 28.3 Å². The molecule has 0 aromatic carbocycles. The number of aromatic nitrogens is 1. The average molecular weight is 206 g/mol. The van der Waals surface area contributed by atoms with Gasteiger partial charge in [-0.05, 0) is 38.1 Å². The number of hydrogen-bond acceptors (Lipinski definition) is 2. The zero-order chi connectivity index (χ0) is 10.8. The van der Waals surface area contributed by atoms with E-state index in [0.717, 1.165) is 12.2 Å². The van der Waals surface area contributed by atoms with Crippen LogP contribution in [-0.2, 0) is 13.6 Å².